The first-order valence-electron chi connectivity index (χ1n) is 8.39. The summed E-state index contributed by atoms with van der Waals surface area (Å²) in [5.74, 6) is -0.380. The van der Waals surface area contributed by atoms with E-state index in [0.29, 0.717) is 5.69 Å². The van der Waals surface area contributed by atoms with Crippen LogP contribution in [0.5, 0.6) is 0 Å². The van der Waals surface area contributed by atoms with Gasteiger partial charge in [0.1, 0.15) is 0 Å². The average Bonchev–Trinajstić information content (AvgIpc) is 3.16. The molecule has 1 amide bonds. The highest BCUT2D eigenvalue weighted by atomic mass is 16.2. The topological polar surface area (TPSA) is 112 Å². The van der Waals surface area contributed by atoms with Crippen molar-refractivity contribution in [1.29, 1.82) is 0 Å². The van der Waals surface area contributed by atoms with Gasteiger partial charge in [-0.2, -0.15) is 5.10 Å². The molecule has 3 aromatic heterocycles. The van der Waals surface area contributed by atoms with Crippen LogP contribution in [0.1, 0.15) is 17.0 Å². The van der Waals surface area contributed by atoms with Crippen LogP contribution in [0.2, 0.25) is 0 Å². The average molecular weight is 364 g/mol. The number of nitrogens with one attached hydrogen (secondary N) is 3. The van der Waals surface area contributed by atoms with Crippen LogP contribution in [0.4, 0.5) is 0 Å². The van der Waals surface area contributed by atoms with E-state index >= 15 is 0 Å². The van der Waals surface area contributed by atoms with Crippen LogP contribution in [0.3, 0.4) is 0 Å². The van der Waals surface area contributed by atoms with Crippen molar-refractivity contribution in [1.82, 2.24) is 25.3 Å². The van der Waals surface area contributed by atoms with Crippen molar-refractivity contribution in [2.75, 3.05) is 0 Å². The molecular weight excluding hydrogens is 346 g/mol. The molecule has 0 saturated carbocycles. The number of carbonyl (C=O) groups is 1. The molecule has 9 heteroatoms. The molecule has 3 N–H and O–H groups in total. The Kier molecular flexibility index (Phi) is 4.03. The molecular formula is C18H18N7O2+. The maximum absolute atomic E-state index is 12.2. The summed E-state index contributed by atoms with van der Waals surface area (Å²) in [5, 5.41) is 12.1. The van der Waals surface area contributed by atoms with E-state index in [9.17, 15) is 9.59 Å². The van der Waals surface area contributed by atoms with Gasteiger partial charge in [0.2, 0.25) is 0 Å². The summed E-state index contributed by atoms with van der Waals surface area (Å²) in [5.41, 5.74) is 6.15. The third-order valence-corrected chi connectivity index (χ3v) is 4.26. The van der Waals surface area contributed by atoms with Crippen molar-refractivity contribution in [3.05, 3.63) is 63.8 Å². The van der Waals surface area contributed by atoms with Crippen LogP contribution < -0.4 is 15.4 Å². The number of H-pyrrole nitrogens is 2. The summed E-state index contributed by atoms with van der Waals surface area (Å²) in [6.07, 6.45) is 3.06. The number of nitrogens with zero attached hydrogens (tertiary/aromatic N) is 4. The van der Waals surface area contributed by atoms with Crippen molar-refractivity contribution in [2.45, 2.75) is 20.4 Å². The first-order valence-corrected chi connectivity index (χ1v) is 8.39. The number of fused-ring (bicyclic) bond motifs is 2. The number of aryl methyl sites for hydroxylation is 2. The Morgan fingerprint density at radius 3 is 3.04 bits per heavy atom. The SMILES string of the molecule is Cc1cc(=O)c2n(CC(=O)N/N=C\c3c(C)[nH]c4ccccc34)nc[n+]2[nH]1. The maximum atomic E-state index is 12.2. The predicted molar refractivity (Wildman–Crippen MR) is 99.5 cm³/mol. The zero-order valence-electron chi connectivity index (χ0n) is 14.9. The Morgan fingerprint density at radius 2 is 2.19 bits per heavy atom. The molecule has 0 atom stereocenters. The van der Waals surface area contributed by atoms with Crippen LogP contribution in [0.25, 0.3) is 16.6 Å². The van der Waals surface area contributed by atoms with Gasteiger partial charge in [-0.1, -0.05) is 22.9 Å². The molecule has 3 heterocycles. The Labute approximate surface area is 153 Å². The number of hydrogen-bond donors (Lipinski definition) is 3. The van der Waals surface area contributed by atoms with Gasteiger partial charge >= 0.3 is 5.65 Å². The summed E-state index contributed by atoms with van der Waals surface area (Å²) in [4.78, 5) is 27.6. The highest BCUT2D eigenvalue weighted by Gasteiger charge is 2.18. The minimum atomic E-state index is -0.380. The fraction of sp³-hybridized carbons (Fsp3) is 0.167. The molecule has 4 rings (SSSR count). The maximum Gasteiger partial charge on any atom is 0.331 e. The summed E-state index contributed by atoms with van der Waals surface area (Å²) < 4.78 is 2.82. The molecule has 0 radical (unpaired) electrons. The van der Waals surface area contributed by atoms with Gasteiger partial charge in [0, 0.05) is 39.0 Å². The molecule has 27 heavy (non-hydrogen) atoms. The van der Waals surface area contributed by atoms with E-state index in [2.05, 4.69) is 25.7 Å². The van der Waals surface area contributed by atoms with E-state index < -0.39 is 0 Å². The Bertz CT molecular complexity index is 1250. The van der Waals surface area contributed by atoms with Gasteiger partial charge in [0.25, 0.3) is 17.7 Å². The van der Waals surface area contributed by atoms with Crippen molar-refractivity contribution >= 4 is 28.7 Å². The van der Waals surface area contributed by atoms with Gasteiger partial charge < -0.3 is 4.98 Å². The van der Waals surface area contributed by atoms with Crippen molar-refractivity contribution < 1.29 is 9.31 Å². The summed E-state index contributed by atoms with van der Waals surface area (Å²) >= 11 is 0. The molecule has 0 fully saturated rings. The number of amides is 1. The monoisotopic (exact) mass is 364 g/mol. The third kappa shape index (κ3) is 3.10. The standard InChI is InChI=1S/C18H17N7O2/c1-11-7-16(26)18-24(20-10-25(18)23-11)9-17(27)22-19-8-14-12(2)21-15-6-4-3-5-13(14)15/h3-8,10,23,26H,9H2,1-2H3/p+1. The van der Waals surface area contributed by atoms with Gasteiger partial charge in [-0.15, -0.1) is 4.52 Å². The van der Waals surface area contributed by atoms with Crippen molar-refractivity contribution in [3.63, 3.8) is 0 Å². The minimum absolute atomic E-state index is 0.118. The van der Waals surface area contributed by atoms with Gasteiger partial charge in [0.15, 0.2) is 6.54 Å². The lowest BCUT2D eigenvalue weighted by Crippen LogP contribution is -2.33. The van der Waals surface area contributed by atoms with Gasteiger partial charge in [-0.25, -0.2) is 10.5 Å². The van der Waals surface area contributed by atoms with E-state index in [1.165, 1.54) is 21.6 Å². The third-order valence-electron chi connectivity index (χ3n) is 4.26. The molecule has 0 aliphatic rings. The molecule has 0 unspecified atom stereocenters. The normalized spacial score (nSPS) is 11.6. The number of benzene rings is 1. The second-order valence-corrected chi connectivity index (χ2v) is 6.29. The van der Waals surface area contributed by atoms with E-state index in [4.69, 9.17) is 0 Å². The highest BCUT2D eigenvalue weighted by Crippen LogP contribution is 2.19. The fourth-order valence-corrected chi connectivity index (χ4v) is 3.08. The van der Waals surface area contributed by atoms with Crippen LogP contribution in [0.15, 0.2) is 46.6 Å². The molecule has 4 aromatic rings. The molecule has 0 aliphatic carbocycles. The van der Waals surface area contributed by atoms with Crippen molar-refractivity contribution in [3.8, 4) is 0 Å². The lowest BCUT2D eigenvalue weighted by molar-refractivity contribution is -0.582. The first-order chi connectivity index (χ1) is 13.0. The van der Waals surface area contributed by atoms with Crippen molar-refractivity contribution in [2.24, 2.45) is 5.10 Å². The zero-order chi connectivity index (χ0) is 19.0. The summed E-state index contributed by atoms with van der Waals surface area (Å²) in [6.45, 7) is 3.61. The lowest BCUT2D eigenvalue weighted by atomic mass is 10.1. The molecule has 1 aromatic carbocycles. The second-order valence-electron chi connectivity index (χ2n) is 6.29. The molecule has 0 spiro atoms. The number of hydrogen-bond acceptors (Lipinski definition) is 4. The molecule has 9 nitrogen and oxygen atoms in total. The first kappa shape index (κ1) is 16.7. The number of carbonyl (C=O) groups excluding carboxylic acids is 1. The molecule has 0 aliphatic heterocycles. The Hall–Kier alpha value is -3.75. The van der Waals surface area contributed by atoms with E-state index in [1.54, 1.807) is 13.1 Å². The Morgan fingerprint density at radius 1 is 1.37 bits per heavy atom. The number of aromatic nitrogens is 5. The molecule has 136 valence electrons. The highest BCUT2D eigenvalue weighted by molar-refractivity contribution is 6.00. The van der Waals surface area contributed by atoms with E-state index in [-0.39, 0.29) is 23.5 Å². The fourth-order valence-electron chi connectivity index (χ4n) is 3.08. The van der Waals surface area contributed by atoms with E-state index in [1.807, 2.05) is 31.2 Å². The zero-order valence-corrected chi connectivity index (χ0v) is 14.9. The predicted octanol–water partition coefficient (Wildman–Crippen LogP) is 0.559. The number of para-hydroxylation sites is 1. The molecule has 0 bridgehead atoms. The number of rotatable bonds is 4. The summed E-state index contributed by atoms with van der Waals surface area (Å²) in [6, 6.07) is 9.34. The minimum Gasteiger partial charge on any atom is -0.358 e. The quantitative estimate of drug-likeness (QED) is 0.279. The lowest BCUT2D eigenvalue weighted by Gasteiger charge is -1.97. The largest absolute Gasteiger partial charge is 0.358 e. The van der Waals surface area contributed by atoms with E-state index in [0.717, 1.165) is 22.2 Å². The summed E-state index contributed by atoms with van der Waals surface area (Å²) in [7, 11) is 0. The smallest absolute Gasteiger partial charge is 0.331 e. The number of aromatic amines is 2. The van der Waals surface area contributed by atoms with Gasteiger partial charge in [0.05, 0.1) is 6.21 Å². The Balaban J connectivity index is 1.51. The van der Waals surface area contributed by atoms with Crippen LogP contribution in [-0.2, 0) is 11.3 Å². The van der Waals surface area contributed by atoms with Crippen LogP contribution in [-0.4, -0.2) is 32.0 Å². The number of hydrazone groups is 1. The molecule has 0 saturated heterocycles. The van der Waals surface area contributed by atoms with Crippen LogP contribution in [0, 0.1) is 13.8 Å². The second kappa shape index (κ2) is 6.52. The van der Waals surface area contributed by atoms with Gasteiger partial charge in [-0.05, 0) is 19.9 Å². The van der Waals surface area contributed by atoms with Crippen LogP contribution >= 0.6 is 0 Å². The van der Waals surface area contributed by atoms with Gasteiger partial charge in [-0.3, -0.25) is 9.59 Å².